The Balaban J connectivity index is 2.06. The van der Waals surface area contributed by atoms with Crippen molar-refractivity contribution >= 4 is 11.6 Å². The van der Waals surface area contributed by atoms with Crippen molar-refractivity contribution in [3.8, 4) is 0 Å². The summed E-state index contributed by atoms with van der Waals surface area (Å²) in [5.41, 5.74) is 1.23. The number of ether oxygens (including phenoxy) is 1. The van der Waals surface area contributed by atoms with Crippen molar-refractivity contribution in [2.24, 2.45) is 0 Å². The lowest BCUT2D eigenvalue weighted by molar-refractivity contribution is 0.372. The van der Waals surface area contributed by atoms with E-state index in [9.17, 15) is 0 Å². The van der Waals surface area contributed by atoms with Gasteiger partial charge in [0.2, 0.25) is 0 Å². The molecule has 3 unspecified atom stereocenters. The molecule has 0 aromatic heterocycles. The van der Waals surface area contributed by atoms with Crippen LogP contribution >= 0.6 is 11.6 Å². The summed E-state index contributed by atoms with van der Waals surface area (Å²) in [5.74, 6) is 0. The molecule has 0 bridgehead atoms. The van der Waals surface area contributed by atoms with Crippen molar-refractivity contribution in [3.05, 3.63) is 35.9 Å². The standard InChI is InChI=1S/C10H11ClO/c1-7(11)9-10(12-9)8-5-3-2-4-6-8/h2-7,9-10H,1H3. The minimum absolute atomic E-state index is 0.107. The molecule has 2 heteroatoms. The second kappa shape index (κ2) is 3.08. The lowest BCUT2D eigenvalue weighted by atomic mass is 10.1. The zero-order chi connectivity index (χ0) is 8.55. The number of hydrogen-bond donors (Lipinski definition) is 0. The van der Waals surface area contributed by atoms with Gasteiger partial charge in [0, 0.05) is 0 Å². The van der Waals surface area contributed by atoms with Crippen LogP contribution in [0.3, 0.4) is 0 Å². The maximum atomic E-state index is 5.89. The fourth-order valence-electron chi connectivity index (χ4n) is 1.38. The highest BCUT2D eigenvalue weighted by Gasteiger charge is 2.43. The molecule has 12 heavy (non-hydrogen) atoms. The second-order valence-electron chi connectivity index (χ2n) is 3.11. The van der Waals surface area contributed by atoms with Crippen LogP contribution in [0.25, 0.3) is 0 Å². The highest BCUT2D eigenvalue weighted by molar-refractivity contribution is 6.21. The third-order valence-electron chi connectivity index (χ3n) is 2.11. The van der Waals surface area contributed by atoms with Gasteiger partial charge >= 0.3 is 0 Å². The van der Waals surface area contributed by atoms with Crippen molar-refractivity contribution < 1.29 is 4.74 Å². The predicted octanol–water partition coefficient (Wildman–Crippen LogP) is 2.75. The van der Waals surface area contributed by atoms with Gasteiger partial charge in [-0.25, -0.2) is 0 Å². The van der Waals surface area contributed by atoms with Gasteiger partial charge in [0.05, 0.1) is 5.38 Å². The van der Waals surface area contributed by atoms with E-state index in [1.54, 1.807) is 0 Å². The normalized spacial score (nSPS) is 29.8. The van der Waals surface area contributed by atoms with Crippen LogP contribution in [0.4, 0.5) is 0 Å². The van der Waals surface area contributed by atoms with E-state index in [0.717, 1.165) is 0 Å². The molecule has 2 rings (SSSR count). The molecule has 64 valence electrons. The first kappa shape index (κ1) is 8.09. The lowest BCUT2D eigenvalue weighted by Gasteiger charge is -1.95. The first-order chi connectivity index (χ1) is 5.79. The Kier molecular flexibility index (Phi) is 2.07. The molecular formula is C10H11ClO. The Morgan fingerprint density at radius 2 is 2.00 bits per heavy atom. The number of epoxide rings is 1. The Bertz CT molecular complexity index is 258. The monoisotopic (exact) mass is 182 g/mol. The van der Waals surface area contributed by atoms with Crippen LogP contribution in [-0.2, 0) is 4.74 Å². The molecule has 0 amide bonds. The maximum absolute atomic E-state index is 5.89. The molecular weight excluding hydrogens is 172 g/mol. The molecule has 1 aromatic carbocycles. The Hall–Kier alpha value is -0.530. The smallest absolute Gasteiger partial charge is 0.111 e. The summed E-state index contributed by atoms with van der Waals surface area (Å²) in [6.07, 6.45) is 0.452. The number of benzene rings is 1. The molecule has 0 radical (unpaired) electrons. The minimum Gasteiger partial charge on any atom is -0.363 e. The summed E-state index contributed by atoms with van der Waals surface area (Å²) >= 11 is 5.89. The summed E-state index contributed by atoms with van der Waals surface area (Å²) in [7, 11) is 0. The van der Waals surface area contributed by atoms with E-state index in [-0.39, 0.29) is 17.6 Å². The Morgan fingerprint density at radius 1 is 1.33 bits per heavy atom. The van der Waals surface area contributed by atoms with E-state index in [1.165, 1.54) is 5.56 Å². The van der Waals surface area contributed by atoms with Crippen LogP contribution in [0.2, 0.25) is 0 Å². The van der Waals surface area contributed by atoms with Gasteiger partial charge in [-0.1, -0.05) is 30.3 Å². The Morgan fingerprint density at radius 3 is 2.50 bits per heavy atom. The topological polar surface area (TPSA) is 12.5 Å². The highest BCUT2D eigenvalue weighted by atomic mass is 35.5. The molecule has 0 spiro atoms. The van der Waals surface area contributed by atoms with Gasteiger partial charge in [-0.15, -0.1) is 11.6 Å². The van der Waals surface area contributed by atoms with Crippen molar-refractivity contribution in [1.82, 2.24) is 0 Å². The van der Waals surface area contributed by atoms with Crippen molar-refractivity contribution in [2.75, 3.05) is 0 Å². The second-order valence-corrected chi connectivity index (χ2v) is 3.80. The number of alkyl halides is 1. The largest absolute Gasteiger partial charge is 0.363 e. The first-order valence-electron chi connectivity index (χ1n) is 4.13. The van der Waals surface area contributed by atoms with E-state index in [1.807, 2.05) is 25.1 Å². The van der Waals surface area contributed by atoms with Crippen LogP contribution in [0, 0.1) is 0 Å². The van der Waals surface area contributed by atoms with Crippen LogP contribution in [0.5, 0.6) is 0 Å². The van der Waals surface area contributed by atoms with Crippen LogP contribution < -0.4 is 0 Å². The highest BCUT2D eigenvalue weighted by Crippen LogP contribution is 2.41. The van der Waals surface area contributed by atoms with Gasteiger partial charge in [0.1, 0.15) is 12.2 Å². The lowest BCUT2D eigenvalue weighted by Crippen LogP contribution is -2.01. The zero-order valence-electron chi connectivity index (χ0n) is 6.91. The molecule has 0 N–H and O–H groups in total. The van der Waals surface area contributed by atoms with E-state index < -0.39 is 0 Å². The molecule has 3 atom stereocenters. The molecule has 0 saturated carbocycles. The SMILES string of the molecule is CC(Cl)C1OC1c1ccccc1. The summed E-state index contributed by atoms with van der Waals surface area (Å²) < 4.78 is 5.43. The van der Waals surface area contributed by atoms with Gasteiger partial charge in [0.25, 0.3) is 0 Å². The zero-order valence-corrected chi connectivity index (χ0v) is 7.66. The first-order valence-corrected chi connectivity index (χ1v) is 4.57. The number of rotatable bonds is 2. The third kappa shape index (κ3) is 1.47. The van der Waals surface area contributed by atoms with Crippen LogP contribution in [0.15, 0.2) is 30.3 Å². The quantitative estimate of drug-likeness (QED) is 0.506. The van der Waals surface area contributed by atoms with E-state index in [0.29, 0.717) is 0 Å². The fraction of sp³-hybridized carbons (Fsp3) is 0.400. The summed E-state index contributed by atoms with van der Waals surface area (Å²) in [4.78, 5) is 0. The van der Waals surface area contributed by atoms with Gasteiger partial charge < -0.3 is 4.74 Å². The van der Waals surface area contributed by atoms with E-state index >= 15 is 0 Å². The fourth-order valence-corrected chi connectivity index (χ4v) is 1.58. The van der Waals surface area contributed by atoms with E-state index in [2.05, 4.69) is 12.1 Å². The minimum atomic E-state index is 0.107. The molecule has 0 aliphatic carbocycles. The van der Waals surface area contributed by atoms with Crippen molar-refractivity contribution in [2.45, 2.75) is 24.5 Å². The van der Waals surface area contributed by atoms with E-state index in [4.69, 9.17) is 16.3 Å². The molecule has 1 fully saturated rings. The number of hydrogen-bond acceptors (Lipinski definition) is 1. The summed E-state index contributed by atoms with van der Waals surface area (Å²) in [5, 5.41) is 0.107. The predicted molar refractivity (Wildman–Crippen MR) is 49.4 cm³/mol. The maximum Gasteiger partial charge on any atom is 0.111 e. The van der Waals surface area contributed by atoms with Gasteiger partial charge in [-0.3, -0.25) is 0 Å². The van der Waals surface area contributed by atoms with Gasteiger partial charge in [-0.2, -0.15) is 0 Å². The summed E-state index contributed by atoms with van der Waals surface area (Å²) in [6.45, 7) is 1.97. The third-order valence-corrected chi connectivity index (χ3v) is 2.35. The molecule has 1 aromatic rings. The molecule has 1 heterocycles. The molecule has 1 aliphatic heterocycles. The van der Waals surface area contributed by atoms with Gasteiger partial charge in [-0.05, 0) is 12.5 Å². The average Bonchev–Trinajstić information content (AvgIpc) is 2.84. The molecule has 1 aliphatic rings. The van der Waals surface area contributed by atoms with Crippen LogP contribution in [-0.4, -0.2) is 11.5 Å². The Labute approximate surface area is 77.3 Å². The van der Waals surface area contributed by atoms with Crippen molar-refractivity contribution in [1.29, 1.82) is 0 Å². The van der Waals surface area contributed by atoms with Crippen LogP contribution in [0.1, 0.15) is 18.6 Å². The summed E-state index contributed by atoms with van der Waals surface area (Å²) in [6, 6.07) is 10.2. The van der Waals surface area contributed by atoms with Crippen molar-refractivity contribution in [3.63, 3.8) is 0 Å². The number of halogens is 1. The molecule has 1 nitrogen and oxygen atoms in total. The average molecular weight is 183 g/mol. The van der Waals surface area contributed by atoms with Gasteiger partial charge in [0.15, 0.2) is 0 Å². The molecule has 1 saturated heterocycles.